The number of carbonyl (C=O) groups excluding carboxylic acids is 1. The van der Waals surface area contributed by atoms with Crippen molar-refractivity contribution in [2.45, 2.75) is 56.4 Å². The number of nitrogens with one attached hydrogen (secondary N) is 1. The largest absolute Gasteiger partial charge is 0.382 e. The van der Waals surface area contributed by atoms with Gasteiger partial charge in [0.1, 0.15) is 5.82 Å². The zero-order valence-corrected chi connectivity index (χ0v) is 16.6. The third-order valence-electron chi connectivity index (χ3n) is 4.69. The van der Waals surface area contributed by atoms with E-state index >= 15 is 0 Å². The van der Waals surface area contributed by atoms with E-state index in [9.17, 15) is 17.6 Å². The molecule has 0 aliphatic heterocycles. The highest BCUT2D eigenvalue weighted by Gasteiger charge is 2.33. The number of halogens is 1. The Kier molecular flexibility index (Phi) is 8.66. The Bertz CT molecular complexity index is 688. The zero-order chi connectivity index (χ0) is 19.7. The molecule has 0 unspecified atom stereocenters. The zero-order valence-electron chi connectivity index (χ0n) is 15.8. The lowest BCUT2D eigenvalue weighted by Gasteiger charge is -2.33. The van der Waals surface area contributed by atoms with Crippen LogP contribution in [0.15, 0.2) is 29.2 Å². The molecule has 1 fully saturated rings. The van der Waals surface area contributed by atoms with Crippen molar-refractivity contribution in [3.05, 3.63) is 30.1 Å². The van der Waals surface area contributed by atoms with E-state index in [0.29, 0.717) is 26.2 Å². The second kappa shape index (κ2) is 10.7. The number of ether oxygens (including phenoxy) is 1. The van der Waals surface area contributed by atoms with Gasteiger partial charge in [0.2, 0.25) is 15.9 Å². The average molecular weight is 401 g/mol. The van der Waals surface area contributed by atoms with Crippen LogP contribution in [-0.2, 0) is 19.6 Å². The maximum atomic E-state index is 13.2. The first-order chi connectivity index (χ1) is 12.9. The van der Waals surface area contributed by atoms with Crippen LogP contribution < -0.4 is 5.32 Å². The highest BCUT2D eigenvalue weighted by atomic mass is 32.2. The lowest BCUT2D eigenvalue weighted by atomic mass is 9.95. The molecule has 0 atom stereocenters. The molecule has 6 nitrogen and oxygen atoms in total. The van der Waals surface area contributed by atoms with Crippen LogP contribution in [0.3, 0.4) is 0 Å². The Morgan fingerprint density at radius 3 is 2.52 bits per heavy atom. The monoisotopic (exact) mass is 400 g/mol. The molecular formula is C19H29FN2O4S. The Labute approximate surface area is 161 Å². The van der Waals surface area contributed by atoms with Crippen LogP contribution in [0.25, 0.3) is 0 Å². The van der Waals surface area contributed by atoms with E-state index in [4.69, 9.17) is 4.74 Å². The van der Waals surface area contributed by atoms with E-state index in [1.165, 1.54) is 16.4 Å². The van der Waals surface area contributed by atoms with E-state index < -0.39 is 15.8 Å². The standard InChI is InChI=1S/C19H29FN2O4S/c1-2-26-14-6-13-21-19(23)15-22(17-7-4-3-5-8-17)27(24,25)18-11-9-16(20)10-12-18/h9-12,17H,2-8,13-15H2,1H3,(H,21,23). The molecule has 1 aliphatic rings. The first kappa shape index (κ1) is 21.8. The minimum absolute atomic E-state index is 0.0126. The summed E-state index contributed by atoms with van der Waals surface area (Å²) < 4.78 is 45.9. The predicted octanol–water partition coefficient (Wildman–Crippen LogP) is 2.69. The summed E-state index contributed by atoms with van der Waals surface area (Å²) in [6.07, 6.45) is 5.10. The number of amides is 1. The molecule has 1 aromatic carbocycles. The topological polar surface area (TPSA) is 75.7 Å². The highest BCUT2D eigenvalue weighted by molar-refractivity contribution is 7.89. The fraction of sp³-hybridized carbons (Fsp3) is 0.632. The van der Waals surface area contributed by atoms with Crippen molar-refractivity contribution in [3.8, 4) is 0 Å². The maximum Gasteiger partial charge on any atom is 0.243 e. The van der Waals surface area contributed by atoms with Gasteiger partial charge >= 0.3 is 0 Å². The van der Waals surface area contributed by atoms with Crippen LogP contribution in [0.5, 0.6) is 0 Å². The van der Waals surface area contributed by atoms with Crippen molar-refractivity contribution in [2.75, 3.05) is 26.3 Å². The van der Waals surface area contributed by atoms with Crippen molar-refractivity contribution in [2.24, 2.45) is 0 Å². The molecule has 1 amide bonds. The van der Waals surface area contributed by atoms with Crippen molar-refractivity contribution in [1.29, 1.82) is 0 Å². The third-order valence-corrected chi connectivity index (χ3v) is 6.61. The fourth-order valence-electron chi connectivity index (χ4n) is 3.27. The molecule has 0 bridgehead atoms. The molecule has 8 heteroatoms. The van der Waals surface area contributed by atoms with Gasteiger partial charge in [-0.2, -0.15) is 4.31 Å². The minimum Gasteiger partial charge on any atom is -0.382 e. The Morgan fingerprint density at radius 2 is 1.89 bits per heavy atom. The molecular weight excluding hydrogens is 371 g/mol. The Hall–Kier alpha value is -1.51. The number of benzene rings is 1. The molecule has 0 spiro atoms. The molecule has 1 aliphatic carbocycles. The predicted molar refractivity (Wildman–Crippen MR) is 101 cm³/mol. The van der Waals surface area contributed by atoms with Gasteiger partial charge in [-0.3, -0.25) is 4.79 Å². The Morgan fingerprint density at radius 1 is 1.22 bits per heavy atom. The molecule has 0 heterocycles. The number of nitrogens with zero attached hydrogens (tertiary/aromatic N) is 1. The van der Waals surface area contributed by atoms with Crippen LogP contribution in [0.2, 0.25) is 0 Å². The Balaban J connectivity index is 2.09. The van der Waals surface area contributed by atoms with E-state index in [1.807, 2.05) is 6.92 Å². The van der Waals surface area contributed by atoms with Crippen LogP contribution in [-0.4, -0.2) is 51.0 Å². The van der Waals surface area contributed by atoms with Crippen molar-refractivity contribution in [1.82, 2.24) is 9.62 Å². The molecule has 0 saturated heterocycles. The first-order valence-corrected chi connectivity index (χ1v) is 11.0. The van der Waals surface area contributed by atoms with Gasteiger partial charge in [0, 0.05) is 25.8 Å². The number of sulfonamides is 1. The maximum absolute atomic E-state index is 13.2. The van der Waals surface area contributed by atoms with Crippen LogP contribution in [0.1, 0.15) is 45.4 Å². The summed E-state index contributed by atoms with van der Waals surface area (Å²) in [5, 5.41) is 2.76. The first-order valence-electron chi connectivity index (χ1n) is 9.57. The SMILES string of the molecule is CCOCCCNC(=O)CN(C1CCCCC1)S(=O)(=O)c1ccc(F)cc1. The van der Waals surface area contributed by atoms with Crippen molar-refractivity contribution in [3.63, 3.8) is 0 Å². The highest BCUT2D eigenvalue weighted by Crippen LogP contribution is 2.27. The van der Waals surface area contributed by atoms with Gasteiger partial charge < -0.3 is 10.1 Å². The molecule has 1 saturated carbocycles. The smallest absolute Gasteiger partial charge is 0.243 e. The van der Waals surface area contributed by atoms with Gasteiger partial charge in [-0.05, 0) is 50.5 Å². The van der Waals surface area contributed by atoms with Crippen molar-refractivity contribution < 1.29 is 22.3 Å². The van der Waals surface area contributed by atoms with E-state index in [0.717, 1.165) is 44.2 Å². The van der Waals surface area contributed by atoms with Crippen LogP contribution in [0, 0.1) is 5.82 Å². The van der Waals surface area contributed by atoms with Gasteiger partial charge in [0.05, 0.1) is 11.4 Å². The summed E-state index contributed by atoms with van der Waals surface area (Å²) >= 11 is 0. The lowest BCUT2D eigenvalue weighted by Crippen LogP contribution is -2.47. The normalized spacial score (nSPS) is 15.8. The van der Waals surface area contributed by atoms with Crippen LogP contribution >= 0.6 is 0 Å². The van der Waals surface area contributed by atoms with Gasteiger partial charge in [-0.1, -0.05) is 19.3 Å². The second-order valence-electron chi connectivity index (χ2n) is 6.70. The second-order valence-corrected chi connectivity index (χ2v) is 8.59. The summed E-state index contributed by atoms with van der Waals surface area (Å²) in [6, 6.07) is 4.54. The summed E-state index contributed by atoms with van der Waals surface area (Å²) in [5.41, 5.74) is 0. The van der Waals surface area contributed by atoms with E-state index in [1.54, 1.807) is 0 Å². The molecule has 0 radical (unpaired) electrons. The number of hydrogen-bond acceptors (Lipinski definition) is 4. The summed E-state index contributed by atoms with van der Waals surface area (Å²) in [7, 11) is -3.87. The number of hydrogen-bond donors (Lipinski definition) is 1. The van der Waals surface area contributed by atoms with E-state index in [-0.39, 0.29) is 23.4 Å². The molecule has 152 valence electrons. The quantitative estimate of drug-likeness (QED) is 0.613. The van der Waals surface area contributed by atoms with E-state index in [2.05, 4.69) is 5.32 Å². The third kappa shape index (κ3) is 6.55. The number of carbonyl (C=O) groups is 1. The number of rotatable bonds is 10. The van der Waals surface area contributed by atoms with Crippen LogP contribution in [0.4, 0.5) is 4.39 Å². The summed E-state index contributed by atoms with van der Waals surface area (Å²) in [4.78, 5) is 12.4. The molecule has 1 N–H and O–H groups in total. The molecule has 27 heavy (non-hydrogen) atoms. The lowest BCUT2D eigenvalue weighted by molar-refractivity contribution is -0.121. The van der Waals surface area contributed by atoms with Gasteiger partial charge in [0.15, 0.2) is 0 Å². The average Bonchev–Trinajstić information content (AvgIpc) is 2.67. The molecule has 2 rings (SSSR count). The summed E-state index contributed by atoms with van der Waals surface area (Å²) in [6.45, 7) is 3.30. The van der Waals surface area contributed by atoms with Crippen molar-refractivity contribution >= 4 is 15.9 Å². The van der Waals surface area contributed by atoms with Gasteiger partial charge in [-0.15, -0.1) is 0 Å². The van der Waals surface area contributed by atoms with Gasteiger partial charge in [-0.25, -0.2) is 12.8 Å². The minimum atomic E-state index is -3.87. The van der Waals surface area contributed by atoms with Gasteiger partial charge in [0.25, 0.3) is 0 Å². The fourth-order valence-corrected chi connectivity index (χ4v) is 4.91. The molecule has 0 aromatic heterocycles. The molecule has 1 aromatic rings. The summed E-state index contributed by atoms with van der Waals surface area (Å²) in [5.74, 6) is -0.826.